The van der Waals surface area contributed by atoms with Gasteiger partial charge in [0.1, 0.15) is 5.78 Å². The lowest BCUT2D eigenvalue weighted by molar-refractivity contribution is -0.125. The molecule has 1 aliphatic carbocycles. The molecule has 0 spiro atoms. The lowest BCUT2D eigenvalue weighted by Crippen LogP contribution is -2.33. The molecular formula is C16H24N2O. The lowest BCUT2D eigenvalue weighted by Gasteiger charge is -2.25. The van der Waals surface area contributed by atoms with Crippen molar-refractivity contribution in [2.45, 2.75) is 45.6 Å². The highest BCUT2D eigenvalue weighted by atomic mass is 16.1. The molecule has 2 rings (SSSR count). The molecule has 1 heterocycles. The third-order valence-electron chi connectivity index (χ3n) is 4.04. The van der Waals surface area contributed by atoms with Crippen molar-refractivity contribution in [1.82, 2.24) is 9.88 Å². The normalized spacial score (nSPS) is 16.7. The number of Topliss-reactive ketones (excluding diaryl/α,β-unsaturated/α-hetero) is 1. The first kappa shape index (κ1) is 14.2. The van der Waals surface area contributed by atoms with Crippen LogP contribution in [0.15, 0.2) is 24.5 Å². The molecule has 0 N–H and O–H groups in total. The molecule has 0 atom stereocenters. The van der Waals surface area contributed by atoms with E-state index in [0.29, 0.717) is 18.2 Å². The van der Waals surface area contributed by atoms with Crippen molar-refractivity contribution in [2.75, 3.05) is 13.1 Å². The van der Waals surface area contributed by atoms with E-state index in [2.05, 4.69) is 16.8 Å². The number of hydrogen-bond acceptors (Lipinski definition) is 3. The maximum absolute atomic E-state index is 12.3. The van der Waals surface area contributed by atoms with Crippen LogP contribution in [-0.2, 0) is 11.3 Å². The van der Waals surface area contributed by atoms with Crippen LogP contribution >= 0.6 is 0 Å². The molecule has 104 valence electrons. The number of ketones is 1. The number of aromatic nitrogens is 1. The van der Waals surface area contributed by atoms with Crippen molar-refractivity contribution in [3.63, 3.8) is 0 Å². The Hall–Kier alpha value is -1.22. The molecule has 3 nitrogen and oxygen atoms in total. The number of likely N-dealkylation sites (N-methyl/N-ethyl adjacent to an activating group) is 1. The first-order valence-electron chi connectivity index (χ1n) is 7.43. The van der Waals surface area contributed by atoms with Crippen LogP contribution in [0, 0.1) is 5.92 Å². The first-order valence-corrected chi connectivity index (χ1v) is 7.43. The van der Waals surface area contributed by atoms with Gasteiger partial charge in [0.2, 0.25) is 0 Å². The van der Waals surface area contributed by atoms with E-state index < -0.39 is 0 Å². The predicted molar refractivity (Wildman–Crippen MR) is 76.8 cm³/mol. The second-order valence-electron chi connectivity index (χ2n) is 5.46. The highest BCUT2D eigenvalue weighted by Gasteiger charge is 2.22. The summed E-state index contributed by atoms with van der Waals surface area (Å²) in [5, 5.41) is 0. The summed E-state index contributed by atoms with van der Waals surface area (Å²) in [6.45, 7) is 4.48. The van der Waals surface area contributed by atoms with Gasteiger partial charge in [-0.25, -0.2) is 0 Å². The van der Waals surface area contributed by atoms with Gasteiger partial charge in [-0.1, -0.05) is 26.2 Å². The molecule has 1 aliphatic rings. The van der Waals surface area contributed by atoms with Gasteiger partial charge in [-0.05, 0) is 37.1 Å². The Morgan fingerprint density at radius 1 is 1.26 bits per heavy atom. The Balaban J connectivity index is 1.86. The third-order valence-corrected chi connectivity index (χ3v) is 4.04. The summed E-state index contributed by atoms with van der Waals surface area (Å²) in [7, 11) is 0. The van der Waals surface area contributed by atoms with Gasteiger partial charge in [-0.15, -0.1) is 0 Å². The van der Waals surface area contributed by atoms with Crippen molar-refractivity contribution in [2.24, 2.45) is 5.92 Å². The van der Waals surface area contributed by atoms with Crippen LogP contribution in [0.3, 0.4) is 0 Å². The molecule has 0 aromatic carbocycles. The summed E-state index contributed by atoms with van der Waals surface area (Å²) >= 11 is 0. The van der Waals surface area contributed by atoms with Gasteiger partial charge in [-0.2, -0.15) is 0 Å². The quantitative estimate of drug-likeness (QED) is 0.788. The van der Waals surface area contributed by atoms with Gasteiger partial charge in [0.05, 0.1) is 6.54 Å². The summed E-state index contributed by atoms with van der Waals surface area (Å²) in [6, 6.07) is 4.04. The van der Waals surface area contributed by atoms with E-state index in [1.54, 1.807) is 0 Å². The summed E-state index contributed by atoms with van der Waals surface area (Å²) < 4.78 is 0. The van der Waals surface area contributed by atoms with Crippen molar-refractivity contribution in [1.29, 1.82) is 0 Å². The highest BCUT2D eigenvalue weighted by Crippen LogP contribution is 2.24. The summed E-state index contributed by atoms with van der Waals surface area (Å²) in [4.78, 5) is 18.6. The molecule has 0 amide bonds. The summed E-state index contributed by atoms with van der Waals surface area (Å²) in [6.07, 6.45) is 9.59. The van der Waals surface area contributed by atoms with Crippen molar-refractivity contribution in [3.05, 3.63) is 30.1 Å². The van der Waals surface area contributed by atoms with Gasteiger partial charge in [0.15, 0.2) is 0 Å². The van der Waals surface area contributed by atoms with Gasteiger partial charge < -0.3 is 0 Å². The van der Waals surface area contributed by atoms with Crippen molar-refractivity contribution in [3.8, 4) is 0 Å². The number of carbonyl (C=O) groups is 1. The van der Waals surface area contributed by atoms with Gasteiger partial charge in [0, 0.05) is 24.9 Å². The van der Waals surface area contributed by atoms with Crippen LogP contribution < -0.4 is 0 Å². The number of hydrogen-bond donors (Lipinski definition) is 0. The zero-order valence-electron chi connectivity index (χ0n) is 11.8. The topological polar surface area (TPSA) is 33.2 Å². The van der Waals surface area contributed by atoms with Crippen molar-refractivity contribution < 1.29 is 4.79 Å². The Kier molecular flexibility index (Phi) is 5.52. The average molecular weight is 260 g/mol. The minimum absolute atomic E-state index is 0.320. The van der Waals surface area contributed by atoms with E-state index in [-0.39, 0.29) is 0 Å². The Morgan fingerprint density at radius 3 is 2.58 bits per heavy atom. The van der Waals surface area contributed by atoms with Crippen LogP contribution in [0.5, 0.6) is 0 Å². The molecular weight excluding hydrogens is 236 g/mol. The maximum Gasteiger partial charge on any atom is 0.149 e. The largest absolute Gasteiger partial charge is 0.298 e. The third kappa shape index (κ3) is 4.43. The van der Waals surface area contributed by atoms with E-state index >= 15 is 0 Å². The standard InChI is InChI=1S/C16H24N2O/c1-2-18(12-14-8-10-17-11-9-14)13-16(19)15-6-4-3-5-7-15/h8-11,15H,2-7,12-13H2,1H3. The second kappa shape index (κ2) is 7.39. The minimum atomic E-state index is 0.320. The zero-order valence-corrected chi connectivity index (χ0v) is 11.8. The Bertz CT molecular complexity index is 385. The number of nitrogens with zero attached hydrogens (tertiary/aromatic N) is 2. The van der Waals surface area contributed by atoms with Gasteiger partial charge in [0.25, 0.3) is 0 Å². The van der Waals surface area contributed by atoms with E-state index in [4.69, 9.17) is 0 Å². The smallest absolute Gasteiger partial charge is 0.149 e. The molecule has 3 heteroatoms. The lowest BCUT2D eigenvalue weighted by atomic mass is 9.86. The summed E-state index contributed by atoms with van der Waals surface area (Å²) in [5.74, 6) is 0.760. The van der Waals surface area contributed by atoms with Crippen LogP contribution in [0.4, 0.5) is 0 Å². The second-order valence-corrected chi connectivity index (χ2v) is 5.46. The predicted octanol–water partition coefficient (Wildman–Crippen LogP) is 3.05. The van der Waals surface area contributed by atoms with Crippen molar-refractivity contribution >= 4 is 5.78 Å². The van der Waals surface area contributed by atoms with E-state index in [9.17, 15) is 4.79 Å². The fourth-order valence-corrected chi connectivity index (χ4v) is 2.80. The number of rotatable bonds is 6. The molecule has 1 aromatic rings. The monoisotopic (exact) mass is 260 g/mol. The molecule has 0 aliphatic heterocycles. The SMILES string of the molecule is CCN(CC(=O)C1CCCCC1)Cc1ccncc1. The molecule has 1 fully saturated rings. The molecule has 0 saturated heterocycles. The molecule has 1 saturated carbocycles. The van der Waals surface area contributed by atoms with Gasteiger partial charge in [-0.3, -0.25) is 14.7 Å². The molecule has 0 bridgehead atoms. The van der Waals surface area contributed by atoms with E-state index in [1.807, 2.05) is 24.5 Å². The fraction of sp³-hybridized carbons (Fsp3) is 0.625. The molecule has 19 heavy (non-hydrogen) atoms. The van der Waals surface area contributed by atoms with Crippen LogP contribution in [-0.4, -0.2) is 28.8 Å². The summed E-state index contributed by atoms with van der Waals surface area (Å²) in [5.41, 5.74) is 1.23. The average Bonchev–Trinajstić information content (AvgIpc) is 2.48. The molecule has 0 unspecified atom stereocenters. The van der Waals surface area contributed by atoms with Crippen LogP contribution in [0.1, 0.15) is 44.6 Å². The number of carbonyl (C=O) groups excluding carboxylic acids is 1. The molecule has 1 aromatic heterocycles. The zero-order chi connectivity index (χ0) is 13.5. The van der Waals surface area contributed by atoms with E-state index in [0.717, 1.165) is 25.9 Å². The van der Waals surface area contributed by atoms with Gasteiger partial charge >= 0.3 is 0 Å². The van der Waals surface area contributed by atoms with Crippen LogP contribution in [0.25, 0.3) is 0 Å². The molecule has 0 radical (unpaired) electrons. The Morgan fingerprint density at radius 2 is 1.95 bits per heavy atom. The maximum atomic E-state index is 12.3. The van der Waals surface area contributed by atoms with Crippen LogP contribution in [0.2, 0.25) is 0 Å². The Labute approximate surface area is 116 Å². The number of pyridine rings is 1. The fourth-order valence-electron chi connectivity index (χ4n) is 2.80. The minimum Gasteiger partial charge on any atom is -0.298 e. The highest BCUT2D eigenvalue weighted by molar-refractivity contribution is 5.83. The first-order chi connectivity index (χ1) is 9.29. The van der Waals surface area contributed by atoms with E-state index in [1.165, 1.54) is 24.8 Å².